The van der Waals surface area contributed by atoms with Gasteiger partial charge in [0.05, 0.1) is 0 Å². The summed E-state index contributed by atoms with van der Waals surface area (Å²) in [5.41, 5.74) is 2.83. The molecule has 1 fully saturated rings. The first kappa shape index (κ1) is 11.9. The van der Waals surface area contributed by atoms with E-state index in [0.717, 1.165) is 29.5 Å². The molecular weight excluding hydrogens is 210 g/mol. The van der Waals surface area contributed by atoms with Crippen LogP contribution in [0.1, 0.15) is 47.7 Å². The molecule has 0 aromatic heterocycles. The summed E-state index contributed by atoms with van der Waals surface area (Å²) in [4.78, 5) is 12.1. The molecule has 1 aromatic rings. The van der Waals surface area contributed by atoms with Gasteiger partial charge in [0.1, 0.15) is 0 Å². The minimum absolute atomic E-state index is 0.0145. The molecule has 0 heterocycles. The quantitative estimate of drug-likeness (QED) is 0.846. The van der Waals surface area contributed by atoms with Crippen molar-refractivity contribution in [1.82, 2.24) is 5.32 Å². The van der Waals surface area contributed by atoms with Gasteiger partial charge < -0.3 is 5.32 Å². The van der Waals surface area contributed by atoms with Crippen LogP contribution in [0.5, 0.6) is 0 Å². The van der Waals surface area contributed by atoms with Gasteiger partial charge in [-0.25, -0.2) is 0 Å². The molecule has 90 valence electrons. The topological polar surface area (TPSA) is 29.1 Å². The average Bonchev–Trinajstić information content (AvgIpc) is 2.26. The summed E-state index contributed by atoms with van der Waals surface area (Å²) in [5, 5.41) is 3.12. The third-order valence-electron chi connectivity index (χ3n) is 3.60. The molecule has 0 aliphatic heterocycles. The maximum atomic E-state index is 12.1. The molecule has 2 heteroatoms. The smallest absolute Gasteiger partial charge is 0.251 e. The first-order chi connectivity index (χ1) is 8.04. The Balaban J connectivity index is 2.16. The van der Waals surface area contributed by atoms with E-state index < -0.39 is 0 Å². The Kier molecular flexibility index (Phi) is 3.05. The summed E-state index contributed by atoms with van der Waals surface area (Å²) in [5.74, 6) is 0.0420. The van der Waals surface area contributed by atoms with E-state index in [1.807, 2.05) is 25.1 Å². The third kappa shape index (κ3) is 2.41. The number of hydrogen-bond acceptors (Lipinski definition) is 1. The van der Waals surface area contributed by atoms with Crippen molar-refractivity contribution >= 4 is 12.0 Å². The van der Waals surface area contributed by atoms with E-state index in [0.29, 0.717) is 0 Å². The minimum atomic E-state index is 0.0145. The number of benzene rings is 1. The van der Waals surface area contributed by atoms with Crippen molar-refractivity contribution in [2.24, 2.45) is 0 Å². The first-order valence-corrected chi connectivity index (χ1v) is 6.10. The predicted molar refractivity (Wildman–Crippen MR) is 71.0 cm³/mol. The van der Waals surface area contributed by atoms with Gasteiger partial charge in [-0.05, 0) is 50.3 Å². The second-order valence-corrected chi connectivity index (χ2v) is 5.15. The van der Waals surface area contributed by atoms with Gasteiger partial charge >= 0.3 is 0 Å². The van der Waals surface area contributed by atoms with Crippen molar-refractivity contribution in [3.8, 4) is 0 Å². The van der Waals surface area contributed by atoms with Crippen LogP contribution in [0.2, 0.25) is 0 Å². The lowest BCUT2D eigenvalue weighted by atomic mass is 9.78. The number of amides is 1. The van der Waals surface area contributed by atoms with E-state index in [4.69, 9.17) is 0 Å². The van der Waals surface area contributed by atoms with Gasteiger partial charge in [-0.2, -0.15) is 0 Å². The van der Waals surface area contributed by atoms with Crippen molar-refractivity contribution in [2.75, 3.05) is 0 Å². The van der Waals surface area contributed by atoms with Crippen LogP contribution in [0.4, 0.5) is 0 Å². The summed E-state index contributed by atoms with van der Waals surface area (Å²) in [6.07, 6.45) is 5.18. The van der Waals surface area contributed by atoms with Crippen LogP contribution in [0.25, 0.3) is 6.08 Å². The monoisotopic (exact) mass is 229 g/mol. The molecule has 1 saturated carbocycles. The molecular formula is C15H19NO. The lowest BCUT2D eigenvalue weighted by Crippen LogP contribution is -2.51. The second kappa shape index (κ2) is 4.36. The largest absolute Gasteiger partial charge is 0.347 e. The SMILES string of the molecule is C=Cc1ccc(C(=O)NC2(C)CCC2)c(C)c1. The molecule has 0 spiro atoms. The molecule has 0 unspecified atom stereocenters. The van der Waals surface area contributed by atoms with E-state index in [2.05, 4.69) is 18.8 Å². The lowest BCUT2D eigenvalue weighted by Gasteiger charge is -2.39. The highest BCUT2D eigenvalue weighted by molar-refractivity contribution is 5.96. The van der Waals surface area contributed by atoms with Crippen LogP contribution in [-0.4, -0.2) is 11.4 Å². The number of hydrogen-bond donors (Lipinski definition) is 1. The molecule has 0 bridgehead atoms. The van der Waals surface area contributed by atoms with Gasteiger partial charge in [-0.3, -0.25) is 4.79 Å². The van der Waals surface area contributed by atoms with Gasteiger partial charge in [0.15, 0.2) is 0 Å². The number of carbonyl (C=O) groups is 1. The van der Waals surface area contributed by atoms with E-state index >= 15 is 0 Å². The number of carbonyl (C=O) groups excluding carboxylic acids is 1. The standard InChI is InChI=1S/C15H19NO/c1-4-12-6-7-13(11(2)10-12)14(17)16-15(3)8-5-9-15/h4,6-7,10H,1,5,8-9H2,2-3H3,(H,16,17). The van der Waals surface area contributed by atoms with Crippen LogP contribution in [0.15, 0.2) is 24.8 Å². The average molecular weight is 229 g/mol. The Morgan fingerprint density at radius 1 is 1.47 bits per heavy atom. The molecule has 1 aliphatic rings. The van der Waals surface area contributed by atoms with Gasteiger partial charge in [-0.1, -0.05) is 24.8 Å². The highest BCUT2D eigenvalue weighted by Gasteiger charge is 2.33. The number of nitrogens with one attached hydrogen (secondary N) is 1. The van der Waals surface area contributed by atoms with Gasteiger partial charge in [0, 0.05) is 11.1 Å². The Labute approximate surface area is 103 Å². The van der Waals surface area contributed by atoms with Crippen LogP contribution < -0.4 is 5.32 Å². The summed E-state index contributed by atoms with van der Waals surface area (Å²) >= 11 is 0. The van der Waals surface area contributed by atoms with Crippen molar-refractivity contribution in [3.05, 3.63) is 41.5 Å². The maximum absolute atomic E-state index is 12.1. The minimum Gasteiger partial charge on any atom is -0.347 e. The van der Waals surface area contributed by atoms with Crippen molar-refractivity contribution in [1.29, 1.82) is 0 Å². The summed E-state index contributed by atoms with van der Waals surface area (Å²) in [6, 6.07) is 5.80. The molecule has 2 nitrogen and oxygen atoms in total. The van der Waals surface area contributed by atoms with Gasteiger partial charge in [0.2, 0.25) is 0 Å². The van der Waals surface area contributed by atoms with Crippen LogP contribution >= 0.6 is 0 Å². The zero-order valence-corrected chi connectivity index (χ0v) is 10.5. The fraction of sp³-hybridized carbons (Fsp3) is 0.400. The third-order valence-corrected chi connectivity index (χ3v) is 3.60. The Morgan fingerprint density at radius 3 is 2.65 bits per heavy atom. The second-order valence-electron chi connectivity index (χ2n) is 5.15. The van der Waals surface area contributed by atoms with Crippen LogP contribution in [-0.2, 0) is 0 Å². The van der Waals surface area contributed by atoms with Crippen LogP contribution in [0, 0.1) is 6.92 Å². The highest BCUT2D eigenvalue weighted by atomic mass is 16.1. The Hall–Kier alpha value is -1.57. The molecule has 17 heavy (non-hydrogen) atoms. The molecule has 0 atom stereocenters. The molecule has 1 aliphatic carbocycles. The van der Waals surface area contributed by atoms with Gasteiger partial charge in [0.25, 0.3) is 5.91 Å². The molecule has 2 rings (SSSR count). The van der Waals surface area contributed by atoms with Crippen molar-refractivity contribution in [3.63, 3.8) is 0 Å². The normalized spacial score (nSPS) is 17.1. The molecule has 0 radical (unpaired) electrons. The predicted octanol–water partition coefficient (Wildman–Crippen LogP) is 3.31. The van der Waals surface area contributed by atoms with Crippen LogP contribution in [0.3, 0.4) is 0 Å². The zero-order valence-electron chi connectivity index (χ0n) is 10.5. The highest BCUT2D eigenvalue weighted by Crippen LogP contribution is 2.31. The lowest BCUT2D eigenvalue weighted by molar-refractivity contribution is 0.0850. The molecule has 1 amide bonds. The number of rotatable bonds is 3. The van der Waals surface area contributed by atoms with E-state index in [1.54, 1.807) is 6.08 Å². The summed E-state index contributed by atoms with van der Waals surface area (Å²) in [6.45, 7) is 7.80. The summed E-state index contributed by atoms with van der Waals surface area (Å²) in [7, 11) is 0. The van der Waals surface area contributed by atoms with E-state index in [-0.39, 0.29) is 11.4 Å². The fourth-order valence-electron chi connectivity index (χ4n) is 2.24. The summed E-state index contributed by atoms with van der Waals surface area (Å²) < 4.78 is 0. The maximum Gasteiger partial charge on any atom is 0.251 e. The zero-order chi connectivity index (χ0) is 12.5. The molecule has 1 aromatic carbocycles. The Bertz CT molecular complexity index is 458. The number of aryl methyl sites for hydroxylation is 1. The Morgan fingerprint density at radius 2 is 2.18 bits per heavy atom. The first-order valence-electron chi connectivity index (χ1n) is 6.10. The van der Waals surface area contributed by atoms with E-state index in [9.17, 15) is 4.79 Å². The van der Waals surface area contributed by atoms with E-state index in [1.165, 1.54) is 6.42 Å². The van der Waals surface area contributed by atoms with Crippen molar-refractivity contribution < 1.29 is 4.79 Å². The fourth-order valence-corrected chi connectivity index (χ4v) is 2.24. The molecule has 1 N–H and O–H groups in total. The molecule has 0 saturated heterocycles. The van der Waals surface area contributed by atoms with Crippen molar-refractivity contribution in [2.45, 2.75) is 38.6 Å². The van der Waals surface area contributed by atoms with Gasteiger partial charge in [-0.15, -0.1) is 0 Å².